The summed E-state index contributed by atoms with van der Waals surface area (Å²) < 4.78 is 0. The van der Waals surface area contributed by atoms with Gasteiger partial charge >= 0.3 is 0 Å². The SMILES string of the molecule is CCN(CC)CCN1CCN(C(C)(C)C#N)CC1. The molecule has 0 amide bonds. The van der Waals surface area contributed by atoms with E-state index >= 15 is 0 Å². The number of piperazine rings is 1. The van der Waals surface area contributed by atoms with Crippen molar-refractivity contribution in [3.05, 3.63) is 0 Å². The van der Waals surface area contributed by atoms with Crippen LogP contribution in [-0.4, -0.2) is 72.6 Å². The Morgan fingerprint density at radius 2 is 1.67 bits per heavy atom. The first-order chi connectivity index (χ1) is 8.53. The van der Waals surface area contributed by atoms with Gasteiger partial charge in [0.05, 0.1) is 6.07 Å². The topological polar surface area (TPSA) is 33.5 Å². The molecule has 1 saturated heterocycles. The third-order valence-corrected chi connectivity index (χ3v) is 4.06. The number of nitrogens with zero attached hydrogens (tertiary/aromatic N) is 4. The molecular weight excluding hydrogens is 224 g/mol. The molecule has 0 saturated carbocycles. The Labute approximate surface area is 112 Å². The van der Waals surface area contributed by atoms with Crippen LogP contribution in [0.5, 0.6) is 0 Å². The Kier molecular flexibility index (Phi) is 6.07. The molecule has 4 nitrogen and oxygen atoms in total. The lowest BCUT2D eigenvalue weighted by Gasteiger charge is -2.40. The van der Waals surface area contributed by atoms with E-state index in [2.05, 4.69) is 34.6 Å². The summed E-state index contributed by atoms with van der Waals surface area (Å²) in [5.74, 6) is 0. The summed E-state index contributed by atoms with van der Waals surface area (Å²) in [5.41, 5.74) is -0.315. The van der Waals surface area contributed by atoms with Crippen molar-refractivity contribution in [2.75, 3.05) is 52.4 Å². The molecule has 1 fully saturated rings. The van der Waals surface area contributed by atoms with E-state index in [1.165, 1.54) is 0 Å². The Hall–Kier alpha value is -0.630. The van der Waals surface area contributed by atoms with Crippen molar-refractivity contribution < 1.29 is 0 Å². The number of rotatable bonds is 6. The number of hydrogen-bond donors (Lipinski definition) is 0. The summed E-state index contributed by atoms with van der Waals surface area (Å²) in [6, 6.07) is 2.39. The summed E-state index contributed by atoms with van der Waals surface area (Å²) >= 11 is 0. The van der Waals surface area contributed by atoms with Gasteiger partial charge in [-0.2, -0.15) is 5.26 Å². The van der Waals surface area contributed by atoms with Crippen LogP contribution in [0.2, 0.25) is 0 Å². The molecule has 0 aliphatic carbocycles. The highest BCUT2D eigenvalue weighted by Gasteiger charge is 2.29. The van der Waals surface area contributed by atoms with Crippen molar-refractivity contribution in [3.63, 3.8) is 0 Å². The van der Waals surface area contributed by atoms with E-state index < -0.39 is 0 Å². The zero-order chi connectivity index (χ0) is 13.6. The van der Waals surface area contributed by atoms with E-state index in [9.17, 15) is 0 Å². The van der Waals surface area contributed by atoms with Gasteiger partial charge in [0.2, 0.25) is 0 Å². The van der Waals surface area contributed by atoms with Crippen LogP contribution in [0.4, 0.5) is 0 Å². The fraction of sp³-hybridized carbons (Fsp3) is 0.929. The van der Waals surface area contributed by atoms with Gasteiger partial charge in [-0.1, -0.05) is 13.8 Å². The quantitative estimate of drug-likeness (QED) is 0.712. The van der Waals surface area contributed by atoms with Crippen LogP contribution in [-0.2, 0) is 0 Å². The molecule has 1 aliphatic heterocycles. The molecule has 1 aliphatic rings. The van der Waals surface area contributed by atoms with E-state index in [1.54, 1.807) is 0 Å². The summed E-state index contributed by atoms with van der Waals surface area (Å²) in [6.45, 7) is 17.3. The first kappa shape index (κ1) is 15.4. The highest BCUT2D eigenvalue weighted by molar-refractivity contribution is 5.02. The average molecular weight is 252 g/mol. The Morgan fingerprint density at radius 3 is 2.11 bits per heavy atom. The fourth-order valence-corrected chi connectivity index (χ4v) is 2.42. The third kappa shape index (κ3) is 4.24. The van der Waals surface area contributed by atoms with Gasteiger partial charge in [-0.3, -0.25) is 9.80 Å². The summed E-state index contributed by atoms with van der Waals surface area (Å²) in [4.78, 5) is 7.27. The van der Waals surface area contributed by atoms with E-state index in [0.717, 1.165) is 52.4 Å². The van der Waals surface area contributed by atoms with Gasteiger partial charge in [-0.05, 0) is 26.9 Å². The van der Waals surface area contributed by atoms with E-state index in [1.807, 2.05) is 13.8 Å². The van der Waals surface area contributed by atoms with Gasteiger partial charge < -0.3 is 4.90 Å². The first-order valence-corrected chi connectivity index (χ1v) is 7.14. The average Bonchev–Trinajstić information content (AvgIpc) is 2.40. The minimum atomic E-state index is -0.315. The van der Waals surface area contributed by atoms with Gasteiger partial charge in [0.1, 0.15) is 5.54 Å². The number of hydrogen-bond acceptors (Lipinski definition) is 4. The summed E-state index contributed by atoms with van der Waals surface area (Å²) in [6.07, 6.45) is 0. The fourth-order valence-electron chi connectivity index (χ4n) is 2.42. The molecule has 4 heteroatoms. The number of nitriles is 1. The van der Waals surface area contributed by atoms with Crippen LogP contribution in [0.15, 0.2) is 0 Å². The highest BCUT2D eigenvalue weighted by Crippen LogP contribution is 2.15. The van der Waals surface area contributed by atoms with Crippen molar-refractivity contribution in [2.45, 2.75) is 33.2 Å². The van der Waals surface area contributed by atoms with Crippen molar-refractivity contribution >= 4 is 0 Å². The maximum atomic E-state index is 9.14. The Balaban J connectivity index is 2.30. The van der Waals surface area contributed by atoms with Crippen LogP contribution >= 0.6 is 0 Å². The third-order valence-electron chi connectivity index (χ3n) is 4.06. The second kappa shape index (κ2) is 7.08. The molecule has 0 spiro atoms. The van der Waals surface area contributed by atoms with Crippen LogP contribution < -0.4 is 0 Å². The molecule has 18 heavy (non-hydrogen) atoms. The highest BCUT2D eigenvalue weighted by atomic mass is 15.3. The monoisotopic (exact) mass is 252 g/mol. The molecule has 0 atom stereocenters. The largest absolute Gasteiger partial charge is 0.303 e. The van der Waals surface area contributed by atoms with Crippen LogP contribution in [0.25, 0.3) is 0 Å². The smallest absolute Gasteiger partial charge is 0.103 e. The van der Waals surface area contributed by atoms with Crippen molar-refractivity contribution in [3.8, 4) is 6.07 Å². The normalized spacial score (nSPS) is 19.1. The Morgan fingerprint density at radius 1 is 1.11 bits per heavy atom. The van der Waals surface area contributed by atoms with Crippen LogP contribution in [0, 0.1) is 11.3 Å². The second-order valence-electron chi connectivity index (χ2n) is 5.53. The van der Waals surface area contributed by atoms with Crippen molar-refractivity contribution in [2.24, 2.45) is 0 Å². The first-order valence-electron chi connectivity index (χ1n) is 7.14. The predicted octanol–water partition coefficient (Wildman–Crippen LogP) is 1.25. The number of likely N-dealkylation sites (N-methyl/N-ethyl adjacent to an activating group) is 1. The molecule has 0 radical (unpaired) electrons. The van der Waals surface area contributed by atoms with Gasteiger partial charge in [-0.25, -0.2) is 0 Å². The van der Waals surface area contributed by atoms with Gasteiger partial charge in [0.15, 0.2) is 0 Å². The molecule has 1 rings (SSSR count). The van der Waals surface area contributed by atoms with Crippen LogP contribution in [0.1, 0.15) is 27.7 Å². The van der Waals surface area contributed by atoms with E-state index in [4.69, 9.17) is 5.26 Å². The summed E-state index contributed by atoms with van der Waals surface area (Å²) in [7, 11) is 0. The van der Waals surface area contributed by atoms with E-state index in [0.29, 0.717) is 0 Å². The standard InChI is InChI=1S/C14H28N4/c1-5-16(6-2)7-8-17-9-11-18(12-10-17)14(3,4)13-15/h5-12H2,1-4H3. The molecule has 0 bridgehead atoms. The van der Waals surface area contributed by atoms with Gasteiger partial charge in [-0.15, -0.1) is 0 Å². The van der Waals surface area contributed by atoms with Crippen molar-refractivity contribution in [1.82, 2.24) is 14.7 Å². The molecule has 0 N–H and O–H groups in total. The zero-order valence-corrected chi connectivity index (χ0v) is 12.4. The van der Waals surface area contributed by atoms with Gasteiger partial charge in [0, 0.05) is 39.3 Å². The maximum absolute atomic E-state index is 9.14. The predicted molar refractivity (Wildman–Crippen MR) is 75.5 cm³/mol. The van der Waals surface area contributed by atoms with Gasteiger partial charge in [0.25, 0.3) is 0 Å². The molecular formula is C14H28N4. The zero-order valence-electron chi connectivity index (χ0n) is 12.4. The molecule has 1 heterocycles. The molecule has 0 aromatic heterocycles. The van der Waals surface area contributed by atoms with Crippen LogP contribution in [0.3, 0.4) is 0 Å². The maximum Gasteiger partial charge on any atom is 0.103 e. The minimum Gasteiger partial charge on any atom is -0.303 e. The Bertz CT molecular complexity index is 270. The minimum absolute atomic E-state index is 0.315. The van der Waals surface area contributed by atoms with E-state index in [-0.39, 0.29) is 5.54 Å². The lowest BCUT2D eigenvalue weighted by molar-refractivity contribution is 0.0744. The lowest BCUT2D eigenvalue weighted by atomic mass is 10.0. The molecule has 0 aromatic rings. The summed E-state index contributed by atoms with van der Waals surface area (Å²) in [5, 5.41) is 9.14. The molecule has 0 unspecified atom stereocenters. The lowest BCUT2D eigenvalue weighted by Crippen LogP contribution is -2.54. The molecule has 0 aromatic carbocycles. The molecule has 104 valence electrons. The van der Waals surface area contributed by atoms with Crippen molar-refractivity contribution in [1.29, 1.82) is 5.26 Å². The second-order valence-corrected chi connectivity index (χ2v) is 5.53.